The van der Waals surface area contributed by atoms with Gasteiger partial charge in [0.1, 0.15) is 11.8 Å². The van der Waals surface area contributed by atoms with E-state index in [2.05, 4.69) is 29.8 Å². The predicted molar refractivity (Wildman–Crippen MR) is 71.0 cm³/mol. The molecule has 98 valence electrons. The van der Waals surface area contributed by atoms with E-state index in [1.54, 1.807) is 13.3 Å². The normalized spacial score (nSPS) is 12.4. The molecule has 0 bridgehead atoms. The molecule has 0 saturated heterocycles. The fraction of sp³-hybridized carbons (Fsp3) is 0.571. The number of nitrogens with zero attached hydrogens (tertiary/aromatic N) is 3. The lowest BCUT2D eigenvalue weighted by Gasteiger charge is -2.28. The number of pyridine rings is 1. The molecule has 0 aliphatic carbocycles. The SMILES string of the molecule is CCC(C)N(CCOC)Cc1ccnc(C#N)c1. The van der Waals surface area contributed by atoms with Crippen molar-refractivity contribution >= 4 is 0 Å². The Hall–Kier alpha value is -1.44. The number of nitriles is 1. The van der Waals surface area contributed by atoms with Gasteiger partial charge in [0, 0.05) is 32.4 Å². The number of hydrogen-bond donors (Lipinski definition) is 0. The Kier molecular flexibility index (Phi) is 6.34. The van der Waals surface area contributed by atoms with Gasteiger partial charge in [0.2, 0.25) is 0 Å². The van der Waals surface area contributed by atoms with Crippen molar-refractivity contribution in [2.24, 2.45) is 0 Å². The first-order chi connectivity index (χ1) is 8.71. The van der Waals surface area contributed by atoms with E-state index in [4.69, 9.17) is 10.00 Å². The second-order valence-corrected chi connectivity index (χ2v) is 4.38. The van der Waals surface area contributed by atoms with Crippen molar-refractivity contribution in [3.8, 4) is 6.07 Å². The summed E-state index contributed by atoms with van der Waals surface area (Å²) in [6.07, 6.45) is 2.79. The molecule has 0 fully saturated rings. The molecule has 1 rings (SSSR count). The molecule has 1 aromatic rings. The largest absolute Gasteiger partial charge is 0.383 e. The van der Waals surface area contributed by atoms with E-state index in [0.717, 1.165) is 31.7 Å². The molecule has 1 aromatic heterocycles. The van der Waals surface area contributed by atoms with Crippen molar-refractivity contribution in [2.75, 3.05) is 20.3 Å². The Balaban J connectivity index is 2.72. The highest BCUT2D eigenvalue weighted by Gasteiger charge is 2.12. The highest BCUT2D eigenvalue weighted by Crippen LogP contribution is 2.10. The van der Waals surface area contributed by atoms with E-state index in [9.17, 15) is 0 Å². The van der Waals surface area contributed by atoms with E-state index in [0.29, 0.717) is 11.7 Å². The fourth-order valence-corrected chi connectivity index (χ4v) is 1.79. The molecule has 0 aromatic carbocycles. The summed E-state index contributed by atoms with van der Waals surface area (Å²) in [5, 5.41) is 8.85. The van der Waals surface area contributed by atoms with Gasteiger partial charge in [-0.2, -0.15) is 5.26 Å². The summed E-state index contributed by atoms with van der Waals surface area (Å²) in [5.41, 5.74) is 1.60. The van der Waals surface area contributed by atoms with E-state index >= 15 is 0 Å². The number of hydrogen-bond acceptors (Lipinski definition) is 4. The van der Waals surface area contributed by atoms with Crippen LogP contribution in [0.2, 0.25) is 0 Å². The Morgan fingerprint density at radius 2 is 2.33 bits per heavy atom. The summed E-state index contributed by atoms with van der Waals surface area (Å²) in [6.45, 7) is 6.84. The molecule has 1 atom stereocenters. The second kappa shape index (κ2) is 7.80. The topological polar surface area (TPSA) is 49.1 Å². The summed E-state index contributed by atoms with van der Waals surface area (Å²) in [4.78, 5) is 6.35. The molecule has 0 aliphatic rings. The third kappa shape index (κ3) is 4.44. The van der Waals surface area contributed by atoms with Gasteiger partial charge in [0.05, 0.1) is 6.61 Å². The third-order valence-corrected chi connectivity index (χ3v) is 3.12. The van der Waals surface area contributed by atoms with Crippen LogP contribution in [0.3, 0.4) is 0 Å². The Morgan fingerprint density at radius 1 is 1.56 bits per heavy atom. The highest BCUT2D eigenvalue weighted by molar-refractivity contribution is 5.25. The number of methoxy groups -OCH3 is 1. The molecule has 0 spiro atoms. The van der Waals surface area contributed by atoms with Gasteiger partial charge in [-0.25, -0.2) is 4.98 Å². The Morgan fingerprint density at radius 3 is 2.94 bits per heavy atom. The first-order valence-corrected chi connectivity index (χ1v) is 6.29. The predicted octanol–water partition coefficient (Wildman–Crippen LogP) is 2.20. The molecule has 1 heterocycles. The van der Waals surface area contributed by atoms with Gasteiger partial charge in [-0.05, 0) is 31.0 Å². The van der Waals surface area contributed by atoms with Crippen molar-refractivity contribution in [1.29, 1.82) is 5.26 Å². The van der Waals surface area contributed by atoms with E-state index in [1.165, 1.54) is 0 Å². The second-order valence-electron chi connectivity index (χ2n) is 4.38. The first kappa shape index (κ1) is 14.6. The minimum Gasteiger partial charge on any atom is -0.383 e. The van der Waals surface area contributed by atoms with Crippen LogP contribution in [0.25, 0.3) is 0 Å². The fourth-order valence-electron chi connectivity index (χ4n) is 1.79. The highest BCUT2D eigenvalue weighted by atomic mass is 16.5. The molecule has 0 saturated carbocycles. The number of ether oxygens (including phenoxy) is 1. The minimum atomic E-state index is 0.475. The van der Waals surface area contributed by atoms with E-state index in [1.807, 2.05) is 12.1 Å². The molecule has 4 nitrogen and oxygen atoms in total. The van der Waals surface area contributed by atoms with Crippen LogP contribution in [0.15, 0.2) is 18.3 Å². The molecular formula is C14H21N3O. The zero-order valence-corrected chi connectivity index (χ0v) is 11.4. The van der Waals surface area contributed by atoms with Crippen LogP contribution in [0.5, 0.6) is 0 Å². The van der Waals surface area contributed by atoms with Gasteiger partial charge in [-0.1, -0.05) is 6.92 Å². The van der Waals surface area contributed by atoms with Crippen LogP contribution < -0.4 is 0 Å². The van der Waals surface area contributed by atoms with Gasteiger partial charge in [-0.3, -0.25) is 4.90 Å². The molecular weight excluding hydrogens is 226 g/mol. The zero-order valence-electron chi connectivity index (χ0n) is 11.4. The standard InChI is InChI=1S/C14H21N3O/c1-4-12(2)17(7-8-18-3)11-13-5-6-16-14(9-13)10-15/h5-6,9,12H,4,7-8,11H2,1-3H3. The average molecular weight is 247 g/mol. The average Bonchev–Trinajstić information content (AvgIpc) is 2.42. The van der Waals surface area contributed by atoms with Crippen LogP contribution in [-0.2, 0) is 11.3 Å². The van der Waals surface area contributed by atoms with Gasteiger partial charge in [0.25, 0.3) is 0 Å². The van der Waals surface area contributed by atoms with Crippen molar-refractivity contribution < 1.29 is 4.74 Å². The van der Waals surface area contributed by atoms with Crippen LogP contribution in [-0.4, -0.2) is 36.2 Å². The van der Waals surface area contributed by atoms with Gasteiger partial charge >= 0.3 is 0 Å². The Labute approximate surface area is 109 Å². The summed E-state index contributed by atoms with van der Waals surface area (Å²) < 4.78 is 5.14. The van der Waals surface area contributed by atoms with Crippen LogP contribution in [0, 0.1) is 11.3 Å². The maximum Gasteiger partial charge on any atom is 0.140 e. The summed E-state index contributed by atoms with van der Waals surface area (Å²) in [5.74, 6) is 0. The summed E-state index contributed by atoms with van der Waals surface area (Å²) >= 11 is 0. The molecule has 0 N–H and O–H groups in total. The van der Waals surface area contributed by atoms with Crippen LogP contribution in [0.1, 0.15) is 31.5 Å². The van der Waals surface area contributed by atoms with Gasteiger partial charge in [0.15, 0.2) is 0 Å². The molecule has 4 heteroatoms. The lowest BCUT2D eigenvalue weighted by Crippen LogP contribution is -2.34. The van der Waals surface area contributed by atoms with Gasteiger partial charge in [-0.15, -0.1) is 0 Å². The number of aromatic nitrogens is 1. The zero-order chi connectivity index (χ0) is 13.4. The smallest absolute Gasteiger partial charge is 0.140 e. The van der Waals surface area contributed by atoms with Crippen molar-refractivity contribution in [1.82, 2.24) is 9.88 Å². The van der Waals surface area contributed by atoms with Gasteiger partial charge < -0.3 is 4.74 Å². The first-order valence-electron chi connectivity index (χ1n) is 6.29. The lowest BCUT2D eigenvalue weighted by atomic mass is 10.1. The Bertz CT molecular complexity index is 400. The molecule has 0 amide bonds. The molecule has 0 aliphatic heterocycles. The minimum absolute atomic E-state index is 0.475. The van der Waals surface area contributed by atoms with Crippen molar-refractivity contribution in [3.05, 3.63) is 29.6 Å². The third-order valence-electron chi connectivity index (χ3n) is 3.12. The van der Waals surface area contributed by atoms with Crippen LogP contribution >= 0.6 is 0 Å². The van der Waals surface area contributed by atoms with Crippen molar-refractivity contribution in [2.45, 2.75) is 32.9 Å². The van der Waals surface area contributed by atoms with Crippen LogP contribution in [0.4, 0.5) is 0 Å². The van der Waals surface area contributed by atoms with E-state index < -0.39 is 0 Å². The van der Waals surface area contributed by atoms with E-state index in [-0.39, 0.29) is 0 Å². The molecule has 18 heavy (non-hydrogen) atoms. The summed E-state index contributed by atoms with van der Waals surface area (Å²) in [7, 11) is 1.72. The molecule has 0 radical (unpaired) electrons. The van der Waals surface area contributed by atoms with Crippen molar-refractivity contribution in [3.63, 3.8) is 0 Å². The number of rotatable bonds is 7. The monoisotopic (exact) mass is 247 g/mol. The maximum atomic E-state index is 8.85. The molecule has 1 unspecified atom stereocenters. The quantitative estimate of drug-likeness (QED) is 0.741. The lowest BCUT2D eigenvalue weighted by molar-refractivity contribution is 0.118. The summed E-state index contributed by atoms with van der Waals surface area (Å²) in [6, 6.07) is 6.38. The maximum absolute atomic E-state index is 8.85.